The number of nitrogens with one attached hydrogen (secondary N) is 6. The third-order valence-corrected chi connectivity index (χ3v) is 8.63. The summed E-state index contributed by atoms with van der Waals surface area (Å²) in [6.45, 7) is 5.23. The molecule has 14 nitrogen and oxygen atoms in total. The number of alkyl carbamates (subject to hydrolysis) is 1. The van der Waals surface area contributed by atoms with Gasteiger partial charge in [-0.3, -0.25) is 4.79 Å². The van der Waals surface area contributed by atoms with Crippen LogP contribution in [0.25, 0.3) is 11.1 Å². The molecule has 0 saturated heterocycles. The van der Waals surface area contributed by atoms with Crippen LogP contribution in [0, 0.1) is 0 Å². The second-order valence-corrected chi connectivity index (χ2v) is 13.9. The largest absolute Gasteiger partial charge is 0.488 e. The van der Waals surface area contributed by atoms with Crippen molar-refractivity contribution in [1.29, 1.82) is 0 Å². The lowest BCUT2D eigenvalue weighted by Crippen LogP contribution is -2.53. The third-order valence-electron chi connectivity index (χ3n) is 8.63. The van der Waals surface area contributed by atoms with Gasteiger partial charge in [0.25, 0.3) is 0 Å². The molecule has 55 heavy (non-hydrogen) atoms. The number of urea groups is 2. The fourth-order valence-corrected chi connectivity index (χ4v) is 6.14. The summed E-state index contributed by atoms with van der Waals surface area (Å²) in [6.07, 6.45) is -0.595. The van der Waals surface area contributed by atoms with Crippen LogP contribution in [0.15, 0.2) is 103 Å². The summed E-state index contributed by atoms with van der Waals surface area (Å²) in [5, 5.41) is 24.4. The Kier molecular flexibility index (Phi) is 13.3. The van der Waals surface area contributed by atoms with Crippen LogP contribution in [-0.2, 0) is 27.2 Å². The molecule has 0 bridgehead atoms. The zero-order valence-corrected chi connectivity index (χ0v) is 30.9. The van der Waals surface area contributed by atoms with Crippen molar-refractivity contribution in [1.82, 2.24) is 31.9 Å². The number of carbonyl (C=O) groups is 5. The normalized spacial score (nSPS) is 12.9. The topological polar surface area (TPSA) is 196 Å². The van der Waals surface area contributed by atoms with Gasteiger partial charge in [0.2, 0.25) is 5.91 Å². The predicted molar refractivity (Wildman–Crippen MR) is 205 cm³/mol. The van der Waals surface area contributed by atoms with Crippen molar-refractivity contribution in [2.75, 3.05) is 19.9 Å². The Labute approximate surface area is 319 Å². The molecule has 0 fully saturated rings. The molecule has 14 heteroatoms. The Morgan fingerprint density at radius 2 is 1.16 bits per heavy atom. The van der Waals surface area contributed by atoms with Crippen molar-refractivity contribution in [3.63, 3.8) is 0 Å². The molecule has 288 valence electrons. The van der Waals surface area contributed by atoms with Gasteiger partial charge in [-0.2, -0.15) is 0 Å². The third kappa shape index (κ3) is 11.7. The Hall–Kier alpha value is -6.57. The quantitative estimate of drug-likeness (QED) is 0.0854. The van der Waals surface area contributed by atoms with Gasteiger partial charge in [0.05, 0.1) is 13.3 Å². The molecular weight excluding hydrogens is 704 g/mol. The van der Waals surface area contributed by atoms with Crippen molar-refractivity contribution in [2.24, 2.45) is 0 Å². The highest BCUT2D eigenvalue weighted by Crippen LogP contribution is 2.44. The molecular formula is C41H46N6O8. The fourth-order valence-electron chi connectivity index (χ4n) is 6.14. The molecule has 0 unspecified atom stereocenters. The van der Waals surface area contributed by atoms with Crippen molar-refractivity contribution in [2.45, 2.75) is 57.2 Å². The van der Waals surface area contributed by atoms with Crippen molar-refractivity contribution in [3.05, 3.63) is 125 Å². The zero-order chi connectivity index (χ0) is 39.4. The van der Waals surface area contributed by atoms with Crippen LogP contribution in [0.4, 0.5) is 14.4 Å². The van der Waals surface area contributed by atoms with E-state index in [2.05, 4.69) is 31.9 Å². The first-order valence-electron chi connectivity index (χ1n) is 17.9. The number of rotatable bonds is 15. The number of hydrogen-bond donors (Lipinski definition) is 7. The van der Waals surface area contributed by atoms with Gasteiger partial charge in [-0.1, -0.05) is 91.0 Å². The van der Waals surface area contributed by atoms with E-state index < -0.39 is 47.7 Å². The second kappa shape index (κ2) is 18.5. The monoisotopic (exact) mass is 750 g/mol. The highest BCUT2D eigenvalue weighted by atomic mass is 16.5. The van der Waals surface area contributed by atoms with Crippen LogP contribution < -0.4 is 36.6 Å². The summed E-state index contributed by atoms with van der Waals surface area (Å²) in [5.41, 5.74) is 5.35. The summed E-state index contributed by atoms with van der Waals surface area (Å²) >= 11 is 0. The van der Waals surface area contributed by atoms with Crippen LogP contribution in [-0.4, -0.2) is 72.8 Å². The molecule has 0 aromatic heterocycles. The lowest BCUT2D eigenvalue weighted by Gasteiger charge is -2.22. The maximum absolute atomic E-state index is 13.4. The molecule has 1 aliphatic rings. The van der Waals surface area contributed by atoms with Crippen LogP contribution in [0.1, 0.15) is 48.9 Å². The SMILES string of the molecule is CC(C)(C)Oc1ccc(C[C@H](NC(=O)OCC2c3ccccc3-c3ccccc32)C(=O)NCNC(=O)NCNC(=O)N[C@@H](Cc2ccccc2)C(=O)O)cc1. The number of hydrogen-bond acceptors (Lipinski definition) is 7. The molecule has 1 aliphatic carbocycles. The van der Waals surface area contributed by atoms with Crippen LogP contribution >= 0.6 is 0 Å². The zero-order valence-electron chi connectivity index (χ0n) is 30.9. The Balaban J connectivity index is 1.13. The Bertz CT molecular complexity index is 1920. The van der Waals surface area contributed by atoms with E-state index in [-0.39, 0.29) is 38.7 Å². The molecule has 0 heterocycles. The minimum Gasteiger partial charge on any atom is -0.488 e. The maximum atomic E-state index is 13.4. The molecule has 0 spiro atoms. The number of amides is 6. The average molecular weight is 751 g/mol. The van der Waals surface area contributed by atoms with E-state index in [1.807, 2.05) is 69.3 Å². The van der Waals surface area contributed by atoms with Crippen molar-refractivity contribution < 1.29 is 38.6 Å². The van der Waals surface area contributed by atoms with E-state index in [0.717, 1.165) is 33.4 Å². The molecule has 6 amide bonds. The molecule has 0 radical (unpaired) electrons. The highest BCUT2D eigenvalue weighted by molar-refractivity contribution is 5.87. The van der Waals surface area contributed by atoms with Crippen molar-refractivity contribution >= 4 is 30.0 Å². The summed E-state index contributed by atoms with van der Waals surface area (Å²) in [4.78, 5) is 62.9. The lowest BCUT2D eigenvalue weighted by molar-refractivity contribution is -0.139. The summed E-state index contributed by atoms with van der Waals surface area (Å²) in [7, 11) is 0. The molecule has 5 rings (SSSR count). The average Bonchev–Trinajstić information content (AvgIpc) is 3.47. The van der Waals surface area contributed by atoms with E-state index >= 15 is 0 Å². The predicted octanol–water partition coefficient (Wildman–Crippen LogP) is 4.64. The number of carboxylic acids is 1. The van der Waals surface area contributed by atoms with E-state index in [1.54, 1.807) is 54.6 Å². The molecule has 4 aromatic rings. The van der Waals surface area contributed by atoms with Gasteiger partial charge >= 0.3 is 24.1 Å². The Morgan fingerprint density at radius 3 is 1.76 bits per heavy atom. The van der Waals surface area contributed by atoms with E-state index in [9.17, 15) is 29.1 Å². The van der Waals surface area contributed by atoms with E-state index in [4.69, 9.17) is 9.47 Å². The minimum absolute atomic E-state index is 0.0603. The van der Waals surface area contributed by atoms with Crippen LogP contribution in [0.5, 0.6) is 5.75 Å². The molecule has 2 atom stereocenters. The van der Waals surface area contributed by atoms with Gasteiger partial charge in [-0.15, -0.1) is 0 Å². The van der Waals surface area contributed by atoms with Crippen LogP contribution in [0.3, 0.4) is 0 Å². The standard InChI is InChI=1S/C41H46N6O8/c1-41(2,3)55-28-19-17-27(18-20-28)21-34(47-40(53)54-23-33-31-15-9-7-13-29(31)30-14-8-10-16-32(30)33)36(48)42-24-43-38(51)44-25-45-39(52)46-35(37(49)50)22-26-11-5-4-6-12-26/h4-20,33-35H,21-25H2,1-3H3,(H,42,48)(H,47,53)(H,49,50)(H2,43,44,51)(H2,45,46,52)/t34-,35-/m0/s1. The van der Waals surface area contributed by atoms with Crippen LogP contribution in [0.2, 0.25) is 0 Å². The number of fused-ring (bicyclic) bond motifs is 3. The number of carbonyl (C=O) groups excluding carboxylic acids is 4. The van der Waals surface area contributed by atoms with Gasteiger partial charge in [-0.05, 0) is 66.3 Å². The smallest absolute Gasteiger partial charge is 0.407 e. The second-order valence-electron chi connectivity index (χ2n) is 13.9. The summed E-state index contributed by atoms with van der Waals surface area (Å²) in [5.74, 6) is -1.31. The van der Waals surface area contributed by atoms with Crippen molar-refractivity contribution in [3.8, 4) is 16.9 Å². The molecule has 0 saturated carbocycles. The molecule has 4 aromatic carbocycles. The first-order valence-corrected chi connectivity index (χ1v) is 17.9. The summed E-state index contributed by atoms with van der Waals surface area (Å²) < 4.78 is 11.6. The van der Waals surface area contributed by atoms with Gasteiger partial charge in [-0.25, -0.2) is 19.2 Å². The lowest BCUT2D eigenvalue weighted by atomic mass is 9.98. The van der Waals surface area contributed by atoms with E-state index in [0.29, 0.717) is 5.75 Å². The number of ether oxygens (including phenoxy) is 2. The highest BCUT2D eigenvalue weighted by Gasteiger charge is 2.30. The summed E-state index contributed by atoms with van der Waals surface area (Å²) in [6, 6.07) is 28.2. The first kappa shape index (κ1) is 39.6. The minimum atomic E-state index is -1.21. The van der Waals surface area contributed by atoms with Gasteiger partial charge in [0, 0.05) is 18.8 Å². The maximum Gasteiger partial charge on any atom is 0.407 e. The number of benzene rings is 4. The fraction of sp³-hybridized carbons (Fsp3) is 0.293. The van der Waals surface area contributed by atoms with Gasteiger partial charge < -0.3 is 46.5 Å². The van der Waals surface area contributed by atoms with Gasteiger partial charge in [0.15, 0.2) is 0 Å². The number of aliphatic carboxylic acids is 1. The Morgan fingerprint density at radius 1 is 0.636 bits per heavy atom. The molecule has 0 aliphatic heterocycles. The van der Waals surface area contributed by atoms with E-state index in [1.165, 1.54) is 0 Å². The first-order chi connectivity index (χ1) is 26.4. The number of carboxylic acid groups (broad SMARTS) is 1. The van der Waals surface area contributed by atoms with Gasteiger partial charge in [0.1, 0.15) is 30.0 Å². The molecule has 7 N–H and O–H groups in total.